The molecule has 0 radical (unpaired) electrons. The van der Waals surface area contributed by atoms with Crippen molar-refractivity contribution in [3.05, 3.63) is 0 Å². The Labute approximate surface area is 121 Å². The molecule has 1 amide bonds. The molecule has 0 saturated carbocycles. The van der Waals surface area contributed by atoms with E-state index in [1.807, 2.05) is 20.8 Å². The van der Waals surface area contributed by atoms with Gasteiger partial charge < -0.3 is 19.8 Å². The minimum absolute atomic E-state index is 0.0657. The highest BCUT2D eigenvalue weighted by atomic mass is 16.6. The number of ether oxygens (including phenoxy) is 1. The largest absolute Gasteiger partial charge is 0.444 e. The molecule has 0 atom stereocenters. The molecule has 3 N–H and O–H groups in total. The van der Waals surface area contributed by atoms with E-state index in [4.69, 9.17) is 15.5 Å². The predicted molar refractivity (Wildman–Crippen MR) is 78.2 cm³/mol. The molecule has 1 heterocycles. The number of carbonyl (C=O) groups is 1. The quantitative estimate of drug-likeness (QED) is 0.749. The van der Waals surface area contributed by atoms with Crippen molar-refractivity contribution >= 4 is 6.09 Å². The first-order valence-electron chi connectivity index (χ1n) is 7.23. The van der Waals surface area contributed by atoms with E-state index < -0.39 is 5.60 Å². The fraction of sp³-hybridized carbons (Fsp3) is 0.929. The lowest BCUT2D eigenvalue weighted by Gasteiger charge is -2.40. The number of hydrogen-bond donors (Lipinski definition) is 2. The van der Waals surface area contributed by atoms with Crippen LogP contribution < -0.4 is 11.2 Å². The number of nitrogens with one attached hydrogen (secondary N) is 1. The first kappa shape index (κ1) is 17.2. The van der Waals surface area contributed by atoms with Crippen LogP contribution in [-0.4, -0.2) is 49.9 Å². The van der Waals surface area contributed by atoms with E-state index >= 15 is 0 Å². The predicted octanol–water partition coefficient (Wildman–Crippen LogP) is 1.50. The van der Waals surface area contributed by atoms with E-state index in [9.17, 15) is 4.79 Å². The monoisotopic (exact) mass is 287 g/mol. The fourth-order valence-electron chi connectivity index (χ4n) is 2.48. The molecule has 1 aliphatic heterocycles. The van der Waals surface area contributed by atoms with Gasteiger partial charge in [0.15, 0.2) is 0 Å². The smallest absolute Gasteiger partial charge is 0.407 e. The SMILES string of the molecule is CN1CCC(CCNC(=O)OC(C)(C)C)(CON)CC1. The number of alkyl carbamates (subject to hydrolysis) is 1. The van der Waals surface area contributed by atoms with Crippen LogP contribution in [0.2, 0.25) is 0 Å². The summed E-state index contributed by atoms with van der Waals surface area (Å²) < 4.78 is 5.22. The van der Waals surface area contributed by atoms with E-state index in [-0.39, 0.29) is 11.5 Å². The number of rotatable bonds is 5. The second-order valence-corrected chi connectivity index (χ2v) is 6.79. The van der Waals surface area contributed by atoms with Gasteiger partial charge in [0, 0.05) is 6.54 Å². The minimum Gasteiger partial charge on any atom is -0.444 e. The average Bonchev–Trinajstić information content (AvgIpc) is 2.31. The first-order valence-corrected chi connectivity index (χ1v) is 7.23. The summed E-state index contributed by atoms with van der Waals surface area (Å²) in [6, 6.07) is 0. The van der Waals surface area contributed by atoms with Gasteiger partial charge in [-0.3, -0.25) is 0 Å². The Bertz CT molecular complexity index is 307. The molecule has 0 aromatic carbocycles. The normalized spacial score (nSPS) is 19.6. The Morgan fingerprint density at radius 3 is 2.45 bits per heavy atom. The summed E-state index contributed by atoms with van der Waals surface area (Å²) in [6.07, 6.45) is 2.57. The standard InChI is InChI=1S/C14H29N3O3/c1-13(2,3)20-12(18)16-8-5-14(11-19-15)6-9-17(4)10-7-14/h5-11,15H2,1-4H3,(H,16,18). The maximum atomic E-state index is 11.6. The lowest BCUT2D eigenvalue weighted by molar-refractivity contribution is -0.00184. The van der Waals surface area contributed by atoms with E-state index in [1.54, 1.807) is 0 Å². The van der Waals surface area contributed by atoms with Crippen molar-refractivity contribution in [2.24, 2.45) is 11.3 Å². The molecule has 1 aliphatic rings. The lowest BCUT2D eigenvalue weighted by Crippen LogP contribution is -2.43. The molecule has 118 valence electrons. The highest BCUT2D eigenvalue weighted by molar-refractivity contribution is 5.67. The molecule has 0 unspecified atom stereocenters. The van der Waals surface area contributed by atoms with Gasteiger partial charge in [0.2, 0.25) is 0 Å². The van der Waals surface area contributed by atoms with E-state index in [0.29, 0.717) is 13.2 Å². The summed E-state index contributed by atoms with van der Waals surface area (Å²) in [5, 5.41) is 2.81. The van der Waals surface area contributed by atoms with Crippen LogP contribution in [0.1, 0.15) is 40.0 Å². The summed E-state index contributed by atoms with van der Waals surface area (Å²) in [6.45, 7) is 8.76. The molecule has 0 aromatic heterocycles. The number of nitrogens with zero attached hydrogens (tertiary/aromatic N) is 1. The second-order valence-electron chi connectivity index (χ2n) is 6.79. The molecule has 6 heteroatoms. The number of piperidine rings is 1. The van der Waals surface area contributed by atoms with Crippen molar-refractivity contribution in [2.45, 2.75) is 45.6 Å². The van der Waals surface area contributed by atoms with Crippen LogP contribution in [0, 0.1) is 5.41 Å². The van der Waals surface area contributed by atoms with Gasteiger partial charge in [0.1, 0.15) is 5.60 Å². The Balaban J connectivity index is 2.38. The van der Waals surface area contributed by atoms with Crippen molar-refractivity contribution in [2.75, 3.05) is 33.3 Å². The van der Waals surface area contributed by atoms with Crippen LogP contribution >= 0.6 is 0 Å². The van der Waals surface area contributed by atoms with E-state index in [0.717, 1.165) is 32.4 Å². The zero-order valence-electron chi connectivity index (χ0n) is 13.2. The molecule has 1 saturated heterocycles. The summed E-state index contributed by atoms with van der Waals surface area (Å²) in [5.74, 6) is 5.27. The molecule has 0 spiro atoms. The number of hydrogen-bond acceptors (Lipinski definition) is 5. The molecular weight excluding hydrogens is 258 g/mol. The Morgan fingerprint density at radius 1 is 1.35 bits per heavy atom. The van der Waals surface area contributed by atoms with Gasteiger partial charge in [0.05, 0.1) is 6.61 Å². The average molecular weight is 287 g/mol. The van der Waals surface area contributed by atoms with Gasteiger partial charge in [-0.2, -0.15) is 0 Å². The molecule has 6 nitrogen and oxygen atoms in total. The molecule has 20 heavy (non-hydrogen) atoms. The zero-order chi connectivity index (χ0) is 15.2. The van der Waals surface area contributed by atoms with Crippen LogP contribution in [0.5, 0.6) is 0 Å². The topological polar surface area (TPSA) is 76.8 Å². The molecule has 1 rings (SSSR count). The minimum atomic E-state index is -0.463. The summed E-state index contributed by atoms with van der Waals surface area (Å²) in [5.41, 5.74) is -0.397. The molecule has 0 aliphatic carbocycles. The third-order valence-electron chi connectivity index (χ3n) is 3.76. The third kappa shape index (κ3) is 6.07. The maximum absolute atomic E-state index is 11.6. The van der Waals surface area contributed by atoms with Gasteiger partial charge >= 0.3 is 6.09 Å². The van der Waals surface area contributed by atoms with Crippen LogP contribution in [0.4, 0.5) is 4.79 Å². The van der Waals surface area contributed by atoms with Gasteiger partial charge in [-0.15, -0.1) is 0 Å². The second kappa shape index (κ2) is 7.24. The molecule has 0 aromatic rings. The van der Waals surface area contributed by atoms with E-state index in [2.05, 4.69) is 17.3 Å². The van der Waals surface area contributed by atoms with E-state index in [1.165, 1.54) is 0 Å². The van der Waals surface area contributed by atoms with Crippen LogP contribution in [0.3, 0.4) is 0 Å². The van der Waals surface area contributed by atoms with Gasteiger partial charge in [-0.25, -0.2) is 10.7 Å². The first-order chi connectivity index (χ1) is 9.26. The van der Waals surface area contributed by atoms with Gasteiger partial charge in [-0.1, -0.05) is 0 Å². The third-order valence-corrected chi connectivity index (χ3v) is 3.76. The molecule has 0 bridgehead atoms. The fourth-order valence-corrected chi connectivity index (χ4v) is 2.48. The van der Waals surface area contributed by atoms with Crippen molar-refractivity contribution in [1.82, 2.24) is 10.2 Å². The van der Waals surface area contributed by atoms with Gasteiger partial charge in [0.25, 0.3) is 0 Å². The summed E-state index contributed by atoms with van der Waals surface area (Å²) in [7, 11) is 2.12. The number of nitrogens with two attached hydrogens (primary N) is 1. The Kier molecular flexibility index (Phi) is 6.23. The molecular formula is C14H29N3O3. The zero-order valence-corrected chi connectivity index (χ0v) is 13.2. The number of likely N-dealkylation sites (tertiary alicyclic amines) is 1. The maximum Gasteiger partial charge on any atom is 0.407 e. The Hall–Kier alpha value is -0.850. The highest BCUT2D eigenvalue weighted by Gasteiger charge is 2.33. The van der Waals surface area contributed by atoms with Crippen molar-refractivity contribution < 1.29 is 14.4 Å². The molecule has 1 fully saturated rings. The van der Waals surface area contributed by atoms with Gasteiger partial charge in [-0.05, 0) is 65.6 Å². The van der Waals surface area contributed by atoms with Crippen molar-refractivity contribution in [3.63, 3.8) is 0 Å². The van der Waals surface area contributed by atoms with Crippen molar-refractivity contribution in [1.29, 1.82) is 0 Å². The number of amides is 1. The van der Waals surface area contributed by atoms with Crippen molar-refractivity contribution in [3.8, 4) is 0 Å². The lowest BCUT2D eigenvalue weighted by atomic mass is 9.76. The van der Waals surface area contributed by atoms with Crippen LogP contribution in [-0.2, 0) is 9.57 Å². The Morgan fingerprint density at radius 2 is 1.95 bits per heavy atom. The number of carbonyl (C=O) groups excluding carboxylic acids is 1. The highest BCUT2D eigenvalue weighted by Crippen LogP contribution is 2.34. The van der Waals surface area contributed by atoms with Crippen LogP contribution in [0.25, 0.3) is 0 Å². The van der Waals surface area contributed by atoms with Crippen LogP contribution in [0.15, 0.2) is 0 Å². The summed E-state index contributed by atoms with van der Waals surface area (Å²) in [4.78, 5) is 18.8. The summed E-state index contributed by atoms with van der Waals surface area (Å²) >= 11 is 0.